The third-order valence-electron chi connectivity index (χ3n) is 4.34. The van der Waals surface area contributed by atoms with Gasteiger partial charge in [0.25, 0.3) is 0 Å². The number of hydrogen-bond donors (Lipinski definition) is 1. The smallest absolute Gasteiger partial charge is 0.228 e. The van der Waals surface area contributed by atoms with Crippen molar-refractivity contribution in [2.75, 3.05) is 19.6 Å². The molecule has 22 heavy (non-hydrogen) atoms. The van der Waals surface area contributed by atoms with Crippen LogP contribution in [-0.4, -0.2) is 36.5 Å². The van der Waals surface area contributed by atoms with Gasteiger partial charge in [0.15, 0.2) is 0 Å². The zero-order valence-corrected chi connectivity index (χ0v) is 14.8. The molecule has 3 nitrogen and oxygen atoms in total. The third kappa shape index (κ3) is 5.29. The first-order valence-corrected chi connectivity index (χ1v) is 8.06. The molecule has 1 saturated heterocycles. The van der Waals surface area contributed by atoms with Crippen molar-refractivity contribution in [3.63, 3.8) is 0 Å². The summed E-state index contributed by atoms with van der Waals surface area (Å²) in [4.78, 5) is 14.7. The predicted molar refractivity (Wildman–Crippen MR) is 94.5 cm³/mol. The molecule has 2 rings (SSSR count). The van der Waals surface area contributed by atoms with E-state index in [1.165, 1.54) is 5.56 Å². The highest BCUT2D eigenvalue weighted by atomic mass is 35.5. The number of amides is 1. The van der Waals surface area contributed by atoms with Gasteiger partial charge < -0.3 is 10.2 Å². The van der Waals surface area contributed by atoms with Crippen LogP contribution in [0.4, 0.5) is 0 Å². The van der Waals surface area contributed by atoms with Crippen molar-refractivity contribution in [2.24, 2.45) is 5.41 Å². The Labute approximate surface area is 140 Å². The Balaban J connectivity index is 0.00000242. The average Bonchev–Trinajstić information content (AvgIpc) is 2.47. The van der Waals surface area contributed by atoms with E-state index in [2.05, 4.69) is 50.4 Å². The molecule has 0 aliphatic carbocycles. The summed E-state index contributed by atoms with van der Waals surface area (Å²) in [5.74, 6) is 0.309. The van der Waals surface area contributed by atoms with E-state index in [-0.39, 0.29) is 17.8 Å². The number of carbonyl (C=O) groups excluding carboxylic acids is 1. The fraction of sp³-hybridized carbons (Fsp3) is 0.611. The quantitative estimate of drug-likeness (QED) is 0.901. The highest BCUT2D eigenvalue weighted by molar-refractivity contribution is 5.85. The molecule has 1 aromatic carbocycles. The summed E-state index contributed by atoms with van der Waals surface area (Å²) in [5.41, 5.74) is 1.10. The second kappa shape index (κ2) is 8.54. The molecule has 0 spiro atoms. The number of carbonyl (C=O) groups is 1. The van der Waals surface area contributed by atoms with Gasteiger partial charge in [-0.1, -0.05) is 44.2 Å². The van der Waals surface area contributed by atoms with Crippen molar-refractivity contribution in [1.82, 2.24) is 10.2 Å². The van der Waals surface area contributed by atoms with Crippen LogP contribution in [0.3, 0.4) is 0 Å². The highest BCUT2D eigenvalue weighted by Crippen LogP contribution is 2.27. The molecule has 1 unspecified atom stereocenters. The molecular formula is C18H29ClN2O. The van der Waals surface area contributed by atoms with E-state index in [1.807, 2.05) is 11.0 Å². The zero-order valence-electron chi connectivity index (χ0n) is 14.0. The molecule has 0 saturated carbocycles. The minimum Gasteiger partial charge on any atom is -0.339 e. The van der Waals surface area contributed by atoms with Gasteiger partial charge in [-0.15, -0.1) is 12.4 Å². The van der Waals surface area contributed by atoms with Crippen LogP contribution in [0.1, 0.15) is 39.2 Å². The summed E-state index contributed by atoms with van der Waals surface area (Å²) in [6.45, 7) is 8.90. The molecular weight excluding hydrogens is 296 g/mol. The molecule has 1 fully saturated rings. The maximum Gasteiger partial charge on any atom is 0.228 e. The molecule has 1 heterocycles. The van der Waals surface area contributed by atoms with E-state index in [0.29, 0.717) is 11.9 Å². The topological polar surface area (TPSA) is 32.3 Å². The van der Waals surface area contributed by atoms with Crippen LogP contribution in [-0.2, 0) is 11.2 Å². The van der Waals surface area contributed by atoms with Crippen molar-refractivity contribution in [3.05, 3.63) is 35.9 Å². The van der Waals surface area contributed by atoms with E-state index in [4.69, 9.17) is 0 Å². The number of hydrogen-bond acceptors (Lipinski definition) is 2. The molecule has 0 bridgehead atoms. The number of piperazine rings is 1. The van der Waals surface area contributed by atoms with Gasteiger partial charge in [0.1, 0.15) is 0 Å². The van der Waals surface area contributed by atoms with Gasteiger partial charge >= 0.3 is 0 Å². The Morgan fingerprint density at radius 1 is 1.32 bits per heavy atom. The number of nitrogens with one attached hydrogen (secondary N) is 1. The lowest BCUT2D eigenvalue weighted by molar-refractivity contribution is -0.142. The second-order valence-electron chi connectivity index (χ2n) is 6.83. The number of rotatable bonds is 5. The summed E-state index contributed by atoms with van der Waals surface area (Å²) in [7, 11) is 0. The fourth-order valence-electron chi connectivity index (χ4n) is 3.03. The Morgan fingerprint density at radius 2 is 2.00 bits per heavy atom. The molecule has 0 aromatic heterocycles. The van der Waals surface area contributed by atoms with Crippen LogP contribution in [0.2, 0.25) is 0 Å². The van der Waals surface area contributed by atoms with Crippen LogP contribution in [0.5, 0.6) is 0 Å². The molecule has 1 N–H and O–H groups in total. The Hall–Kier alpha value is -1.06. The van der Waals surface area contributed by atoms with Gasteiger partial charge in [0, 0.05) is 31.1 Å². The van der Waals surface area contributed by atoms with Crippen molar-refractivity contribution in [2.45, 2.75) is 46.1 Å². The summed E-state index contributed by atoms with van der Waals surface area (Å²) in [6.07, 6.45) is 3.05. The van der Waals surface area contributed by atoms with Crippen molar-refractivity contribution in [3.8, 4) is 0 Å². The predicted octanol–water partition coefficient (Wildman–Crippen LogP) is 3.28. The van der Waals surface area contributed by atoms with Gasteiger partial charge in [-0.2, -0.15) is 0 Å². The molecule has 1 aromatic rings. The summed E-state index contributed by atoms with van der Waals surface area (Å²) >= 11 is 0. The SMILES string of the molecule is CC1CN(C(=O)C(C)(C)CCCc2ccccc2)CCN1.Cl. The average molecular weight is 325 g/mol. The van der Waals surface area contributed by atoms with Crippen molar-refractivity contribution in [1.29, 1.82) is 0 Å². The zero-order chi connectivity index (χ0) is 15.3. The molecule has 1 amide bonds. The molecule has 4 heteroatoms. The first kappa shape index (κ1) is 19.0. The number of halogens is 1. The number of nitrogens with zero attached hydrogens (tertiary/aromatic N) is 1. The third-order valence-corrected chi connectivity index (χ3v) is 4.34. The minimum atomic E-state index is -0.258. The highest BCUT2D eigenvalue weighted by Gasteiger charge is 2.33. The molecule has 1 aliphatic rings. The van der Waals surface area contributed by atoms with E-state index < -0.39 is 0 Å². The lowest BCUT2D eigenvalue weighted by atomic mass is 9.84. The Kier molecular flexibility index (Phi) is 7.37. The lowest BCUT2D eigenvalue weighted by Crippen LogP contribution is -2.54. The normalized spacial score (nSPS) is 18.7. The van der Waals surface area contributed by atoms with E-state index in [1.54, 1.807) is 0 Å². The number of benzene rings is 1. The molecule has 0 radical (unpaired) electrons. The summed E-state index contributed by atoms with van der Waals surface area (Å²) in [6, 6.07) is 10.9. The number of aryl methyl sites for hydroxylation is 1. The Bertz CT molecular complexity index is 461. The van der Waals surface area contributed by atoms with Crippen LogP contribution in [0.25, 0.3) is 0 Å². The Morgan fingerprint density at radius 3 is 2.64 bits per heavy atom. The standard InChI is InChI=1S/C18H28N2O.ClH/c1-15-14-20(13-12-19-15)17(21)18(2,3)11-7-10-16-8-5-4-6-9-16;/h4-6,8-9,15,19H,7,10-14H2,1-3H3;1H. The molecule has 1 aliphatic heterocycles. The molecule has 124 valence electrons. The van der Waals surface area contributed by atoms with Gasteiger partial charge in [-0.3, -0.25) is 4.79 Å². The van der Waals surface area contributed by atoms with Crippen LogP contribution in [0, 0.1) is 5.41 Å². The van der Waals surface area contributed by atoms with Crippen LogP contribution < -0.4 is 5.32 Å². The van der Waals surface area contributed by atoms with Crippen LogP contribution in [0.15, 0.2) is 30.3 Å². The second-order valence-corrected chi connectivity index (χ2v) is 6.83. The van der Waals surface area contributed by atoms with Crippen LogP contribution >= 0.6 is 12.4 Å². The summed E-state index contributed by atoms with van der Waals surface area (Å²) in [5, 5.41) is 3.39. The minimum absolute atomic E-state index is 0. The first-order chi connectivity index (χ1) is 9.99. The maximum atomic E-state index is 12.7. The van der Waals surface area contributed by atoms with E-state index >= 15 is 0 Å². The first-order valence-electron chi connectivity index (χ1n) is 8.06. The lowest BCUT2D eigenvalue weighted by Gasteiger charge is -2.37. The fourth-order valence-corrected chi connectivity index (χ4v) is 3.03. The van der Waals surface area contributed by atoms with E-state index in [9.17, 15) is 4.79 Å². The monoisotopic (exact) mass is 324 g/mol. The summed E-state index contributed by atoms with van der Waals surface area (Å²) < 4.78 is 0. The van der Waals surface area contributed by atoms with Gasteiger partial charge in [0.2, 0.25) is 5.91 Å². The molecule has 1 atom stereocenters. The van der Waals surface area contributed by atoms with Gasteiger partial charge in [-0.05, 0) is 31.7 Å². The maximum absolute atomic E-state index is 12.7. The largest absolute Gasteiger partial charge is 0.339 e. The van der Waals surface area contributed by atoms with Crippen molar-refractivity contribution < 1.29 is 4.79 Å². The van der Waals surface area contributed by atoms with Crippen molar-refractivity contribution >= 4 is 18.3 Å². The van der Waals surface area contributed by atoms with Gasteiger partial charge in [-0.25, -0.2) is 0 Å². The van der Waals surface area contributed by atoms with E-state index in [0.717, 1.165) is 38.9 Å². The van der Waals surface area contributed by atoms with Gasteiger partial charge in [0.05, 0.1) is 0 Å².